The predicted molar refractivity (Wildman–Crippen MR) is 117 cm³/mol. The highest BCUT2D eigenvalue weighted by molar-refractivity contribution is 8.00. The van der Waals surface area contributed by atoms with Gasteiger partial charge < -0.3 is 15.8 Å². The van der Waals surface area contributed by atoms with Crippen molar-refractivity contribution >= 4 is 56.9 Å². The Hall–Kier alpha value is -3.31. The second-order valence-corrected chi connectivity index (χ2v) is 8.05. The van der Waals surface area contributed by atoms with Crippen molar-refractivity contribution in [1.82, 2.24) is 24.9 Å². The van der Waals surface area contributed by atoms with Crippen LogP contribution in [0.25, 0.3) is 10.2 Å². The average molecular weight is 440 g/mol. The van der Waals surface area contributed by atoms with Crippen LogP contribution in [-0.2, 0) is 16.1 Å². The SMILES string of the molecule is Cc1ccc(Nc2nc(N)nc(COC(=O)CSc3ncnc4sccc34)n2)cc1. The van der Waals surface area contributed by atoms with Crippen molar-refractivity contribution in [3.8, 4) is 0 Å². The summed E-state index contributed by atoms with van der Waals surface area (Å²) in [6.07, 6.45) is 1.49. The zero-order valence-corrected chi connectivity index (χ0v) is 17.5. The summed E-state index contributed by atoms with van der Waals surface area (Å²) in [5.74, 6) is 0.289. The molecule has 0 aliphatic heterocycles. The quantitative estimate of drug-likeness (QED) is 0.251. The third-order valence-electron chi connectivity index (χ3n) is 3.92. The fourth-order valence-electron chi connectivity index (χ4n) is 2.52. The van der Waals surface area contributed by atoms with Gasteiger partial charge in [0.05, 0.1) is 5.75 Å². The minimum atomic E-state index is -0.408. The number of nitrogens with one attached hydrogen (secondary N) is 1. The number of anilines is 3. The molecule has 0 atom stereocenters. The van der Waals surface area contributed by atoms with E-state index in [4.69, 9.17) is 10.5 Å². The largest absolute Gasteiger partial charge is 0.457 e. The van der Waals surface area contributed by atoms with Gasteiger partial charge in [-0.15, -0.1) is 11.3 Å². The Balaban J connectivity index is 1.34. The summed E-state index contributed by atoms with van der Waals surface area (Å²) in [6.45, 7) is 1.90. The number of hydrogen-bond acceptors (Lipinski definition) is 11. The lowest BCUT2D eigenvalue weighted by Gasteiger charge is -2.08. The molecule has 0 aliphatic carbocycles. The summed E-state index contributed by atoms with van der Waals surface area (Å²) < 4.78 is 5.28. The number of carbonyl (C=O) groups is 1. The van der Waals surface area contributed by atoms with E-state index in [9.17, 15) is 4.79 Å². The van der Waals surface area contributed by atoms with Crippen LogP contribution >= 0.6 is 23.1 Å². The van der Waals surface area contributed by atoms with Crippen LogP contribution in [0.4, 0.5) is 17.6 Å². The molecule has 0 amide bonds. The molecule has 0 fully saturated rings. The summed E-state index contributed by atoms with van der Waals surface area (Å²) in [6, 6.07) is 9.68. The normalized spacial score (nSPS) is 10.8. The predicted octanol–water partition coefficient (Wildman–Crippen LogP) is 3.35. The van der Waals surface area contributed by atoms with Crippen molar-refractivity contribution in [3.05, 3.63) is 53.4 Å². The first-order chi connectivity index (χ1) is 14.6. The second kappa shape index (κ2) is 9.01. The molecule has 0 saturated heterocycles. The number of fused-ring (bicyclic) bond motifs is 1. The molecule has 3 aromatic heterocycles. The standard InChI is InChI=1S/C19H17N7O2S2/c1-11-2-4-12(5-3-11)23-19-25-14(24-18(20)26-19)8-28-15(27)9-30-17-13-6-7-29-16(13)21-10-22-17/h2-7,10H,8-9H2,1H3,(H3,20,23,24,25,26). The van der Waals surface area contributed by atoms with E-state index in [0.29, 0.717) is 0 Å². The van der Waals surface area contributed by atoms with Crippen LogP contribution in [0.15, 0.2) is 47.1 Å². The van der Waals surface area contributed by atoms with Crippen LogP contribution in [0.1, 0.15) is 11.4 Å². The van der Waals surface area contributed by atoms with Gasteiger partial charge in [0.25, 0.3) is 0 Å². The minimum absolute atomic E-state index is 0.0425. The van der Waals surface area contributed by atoms with Gasteiger partial charge in [0.2, 0.25) is 11.9 Å². The van der Waals surface area contributed by atoms with Crippen molar-refractivity contribution in [2.24, 2.45) is 0 Å². The monoisotopic (exact) mass is 439 g/mol. The number of thioether (sulfide) groups is 1. The fourth-order valence-corrected chi connectivity index (χ4v) is 4.10. The van der Waals surface area contributed by atoms with E-state index in [1.165, 1.54) is 29.4 Å². The maximum atomic E-state index is 12.2. The van der Waals surface area contributed by atoms with Gasteiger partial charge in [-0.2, -0.15) is 15.0 Å². The highest BCUT2D eigenvalue weighted by Gasteiger charge is 2.12. The highest BCUT2D eigenvalue weighted by Crippen LogP contribution is 2.27. The van der Waals surface area contributed by atoms with Crippen molar-refractivity contribution in [1.29, 1.82) is 0 Å². The van der Waals surface area contributed by atoms with Crippen molar-refractivity contribution in [2.75, 3.05) is 16.8 Å². The lowest BCUT2D eigenvalue weighted by Crippen LogP contribution is -2.12. The number of rotatable bonds is 7. The number of aryl methyl sites for hydroxylation is 1. The lowest BCUT2D eigenvalue weighted by molar-refractivity contribution is -0.141. The summed E-state index contributed by atoms with van der Waals surface area (Å²) >= 11 is 2.82. The van der Waals surface area contributed by atoms with Crippen LogP contribution in [-0.4, -0.2) is 36.6 Å². The average Bonchev–Trinajstić information content (AvgIpc) is 3.21. The Labute approximate surface area is 180 Å². The first-order valence-electron chi connectivity index (χ1n) is 8.87. The van der Waals surface area contributed by atoms with Gasteiger partial charge in [-0.25, -0.2) is 9.97 Å². The molecule has 30 heavy (non-hydrogen) atoms. The van der Waals surface area contributed by atoms with Gasteiger partial charge in [0, 0.05) is 11.1 Å². The Kier molecular flexibility index (Phi) is 6.00. The molecule has 0 saturated carbocycles. The molecule has 1 aromatic carbocycles. The van der Waals surface area contributed by atoms with E-state index in [1.807, 2.05) is 42.6 Å². The second-order valence-electron chi connectivity index (χ2n) is 6.19. The van der Waals surface area contributed by atoms with Crippen LogP contribution in [0.5, 0.6) is 0 Å². The van der Waals surface area contributed by atoms with Crippen molar-refractivity contribution in [3.63, 3.8) is 0 Å². The van der Waals surface area contributed by atoms with E-state index in [2.05, 4.69) is 30.2 Å². The minimum Gasteiger partial charge on any atom is -0.457 e. The van der Waals surface area contributed by atoms with Crippen LogP contribution < -0.4 is 11.1 Å². The first kappa shape index (κ1) is 20.0. The first-order valence-corrected chi connectivity index (χ1v) is 10.7. The van der Waals surface area contributed by atoms with E-state index >= 15 is 0 Å². The summed E-state index contributed by atoms with van der Waals surface area (Å²) in [5.41, 5.74) is 7.72. The van der Waals surface area contributed by atoms with Crippen LogP contribution in [0, 0.1) is 6.92 Å². The van der Waals surface area contributed by atoms with Gasteiger partial charge in [-0.3, -0.25) is 4.79 Å². The molecule has 0 bridgehead atoms. The molecule has 0 radical (unpaired) electrons. The van der Waals surface area contributed by atoms with Crippen LogP contribution in [0.3, 0.4) is 0 Å². The number of nitrogens with zero attached hydrogens (tertiary/aromatic N) is 5. The van der Waals surface area contributed by atoms with Gasteiger partial charge >= 0.3 is 5.97 Å². The van der Waals surface area contributed by atoms with E-state index in [1.54, 1.807) is 0 Å². The fraction of sp³-hybridized carbons (Fsp3) is 0.158. The maximum absolute atomic E-state index is 12.2. The smallest absolute Gasteiger partial charge is 0.316 e. The Morgan fingerprint density at radius 2 is 2.00 bits per heavy atom. The zero-order chi connectivity index (χ0) is 20.9. The maximum Gasteiger partial charge on any atom is 0.316 e. The number of benzene rings is 1. The van der Waals surface area contributed by atoms with Gasteiger partial charge in [0.1, 0.15) is 16.2 Å². The van der Waals surface area contributed by atoms with Crippen molar-refractivity contribution < 1.29 is 9.53 Å². The molecule has 4 aromatic rings. The molecule has 4 rings (SSSR count). The molecule has 152 valence electrons. The summed E-state index contributed by atoms with van der Waals surface area (Å²) in [4.78, 5) is 33.8. The third-order valence-corrected chi connectivity index (χ3v) is 5.72. The molecule has 0 unspecified atom stereocenters. The number of thiophene rings is 1. The number of ether oxygens (including phenoxy) is 1. The molecule has 0 spiro atoms. The Morgan fingerprint density at radius 3 is 2.83 bits per heavy atom. The number of aromatic nitrogens is 5. The van der Waals surface area contributed by atoms with Crippen LogP contribution in [0.2, 0.25) is 0 Å². The molecule has 0 aliphatic rings. The topological polar surface area (TPSA) is 129 Å². The van der Waals surface area contributed by atoms with Gasteiger partial charge in [-0.1, -0.05) is 29.5 Å². The number of carbonyl (C=O) groups excluding carboxylic acids is 1. The Bertz CT molecular complexity index is 1180. The molecular weight excluding hydrogens is 422 g/mol. The number of nitrogens with two attached hydrogens (primary N) is 1. The van der Waals surface area contributed by atoms with Gasteiger partial charge in [-0.05, 0) is 30.5 Å². The molecule has 3 N–H and O–H groups in total. The molecule has 3 heterocycles. The molecule has 9 nitrogen and oxygen atoms in total. The number of esters is 1. The molecular formula is C19H17N7O2S2. The highest BCUT2D eigenvalue weighted by atomic mass is 32.2. The summed E-state index contributed by atoms with van der Waals surface area (Å²) in [7, 11) is 0. The van der Waals surface area contributed by atoms with E-state index < -0.39 is 5.97 Å². The summed E-state index contributed by atoms with van der Waals surface area (Å²) in [5, 5.41) is 6.67. The third kappa shape index (κ3) is 4.99. The zero-order valence-electron chi connectivity index (χ0n) is 15.9. The van der Waals surface area contributed by atoms with Gasteiger partial charge in [0.15, 0.2) is 12.4 Å². The van der Waals surface area contributed by atoms with E-state index in [0.717, 1.165) is 26.5 Å². The Morgan fingerprint density at radius 1 is 1.17 bits per heavy atom. The lowest BCUT2D eigenvalue weighted by atomic mass is 10.2. The van der Waals surface area contributed by atoms with E-state index in [-0.39, 0.29) is 30.1 Å². The number of nitrogen functional groups attached to an aromatic ring is 1. The number of hydrogen-bond donors (Lipinski definition) is 2. The molecule has 11 heteroatoms. The van der Waals surface area contributed by atoms with Crippen molar-refractivity contribution in [2.45, 2.75) is 18.6 Å².